The third-order valence-corrected chi connectivity index (χ3v) is 3.07. The minimum Gasteiger partial charge on any atom is -0.491 e. The number of ether oxygens (including phenoxy) is 1. The number of aryl methyl sites for hydroxylation is 1. The summed E-state index contributed by atoms with van der Waals surface area (Å²) < 4.78 is 5.79. The van der Waals surface area contributed by atoms with Crippen molar-refractivity contribution in [3.8, 4) is 5.75 Å². The molecule has 2 heterocycles. The number of pyridine rings is 1. The highest BCUT2D eigenvalue weighted by atomic mass is 16.5. The molecule has 0 unspecified atom stereocenters. The summed E-state index contributed by atoms with van der Waals surface area (Å²) in [6.07, 6.45) is 2.27. The van der Waals surface area contributed by atoms with Gasteiger partial charge in [0.05, 0.1) is 12.3 Å². The maximum Gasteiger partial charge on any atom is 0.144 e. The summed E-state index contributed by atoms with van der Waals surface area (Å²) in [6.45, 7) is 9.61. The molecule has 1 aromatic rings. The maximum atomic E-state index is 5.79. The Labute approximate surface area is 98.0 Å². The molecular weight excluding hydrogens is 198 g/mol. The Morgan fingerprint density at radius 1 is 1.19 bits per heavy atom. The Morgan fingerprint density at radius 2 is 1.94 bits per heavy atom. The molecule has 0 amide bonds. The number of hydrogen-bond donors (Lipinski definition) is 0. The number of nitrogens with zero attached hydrogens (tertiary/aromatic N) is 1. The lowest BCUT2D eigenvalue weighted by Crippen LogP contribution is -2.14. The van der Waals surface area contributed by atoms with Crippen LogP contribution in [0.3, 0.4) is 0 Å². The van der Waals surface area contributed by atoms with Gasteiger partial charge < -0.3 is 4.74 Å². The highest BCUT2D eigenvalue weighted by Crippen LogP contribution is 2.34. The summed E-state index contributed by atoms with van der Waals surface area (Å²) in [7, 11) is 0. The van der Waals surface area contributed by atoms with Gasteiger partial charge in [-0.25, -0.2) is 0 Å². The van der Waals surface area contributed by atoms with Gasteiger partial charge in [-0.1, -0.05) is 27.7 Å². The van der Waals surface area contributed by atoms with Crippen LogP contribution in [0.5, 0.6) is 5.75 Å². The smallest absolute Gasteiger partial charge is 0.144 e. The molecule has 1 aliphatic heterocycles. The second-order valence-corrected chi connectivity index (χ2v) is 5.18. The largest absolute Gasteiger partial charge is 0.491 e. The van der Waals surface area contributed by atoms with Crippen LogP contribution in [0.15, 0.2) is 6.07 Å². The van der Waals surface area contributed by atoms with Crippen molar-refractivity contribution < 1.29 is 4.74 Å². The summed E-state index contributed by atoms with van der Waals surface area (Å²) in [6, 6.07) is 2.23. The number of hydrogen-bond acceptors (Lipinski definition) is 2. The minimum atomic E-state index is 0.436. The molecule has 0 saturated carbocycles. The molecule has 88 valence electrons. The van der Waals surface area contributed by atoms with Gasteiger partial charge in [-0.05, 0) is 36.3 Å². The van der Waals surface area contributed by atoms with E-state index in [0.717, 1.165) is 30.9 Å². The molecule has 0 radical (unpaired) electrons. The summed E-state index contributed by atoms with van der Waals surface area (Å²) in [5, 5.41) is 0. The van der Waals surface area contributed by atoms with E-state index in [9.17, 15) is 0 Å². The molecule has 0 fully saturated rings. The predicted molar refractivity (Wildman–Crippen MR) is 66.2 cm³/mol. The molecule has 0 saturated heterocycles. The van der Waals surface area contributed by atoms with E-state index in [4.69, 9.17) is 9.72 Å². The fourth-order valence-corrected chi connectivity index (χ4v) is 2.11. The second-order valence-electron chi connectivity index (χ2n) is 5.18. The first-order chi connectivity index (χ1) is 7.59. The molecule has 1 aromatic heterocycles. The Balaban J connectivity index is 2.52. The SMILES string of the molecule is CC(C)c1cc2c(c(C(C)C)n1)OCCC2. The van der Waals surface area contributed by atoms with E-state index >= 15 is 0 Å². The van der Waals surface area contributed by atoms with Crippen molar-refractivity contribution in [1.82, 2.24) is 4.98 Å². The molecule has 2 nitrogen and oxygen atoms in total. The van der Waals surface area contributed by atoms with Gasteiger partial charge in [-0.15, -0.1) is 0 Å². The molecule has 0 spiro atoms. The molecule has 2 heteroatoms. The van der Waals surface area contributed by atoms with Crippen LogP contribution < -0.4 is 4.74 Å². The lowest BCUT2D eigenvalue weighted by atomic mass is 9.97. The van der Waals surface area contributed by atoms with Crippen molar-refractivity contribution in [2.45, 2.75) is 52.4 Å². The minimum absolute atomic E-state index is 0.436. The average molecular weight is 219 g/mol. The third kappa shape index (κ3) is 2.06. The van der Waals surface area contributed by atoms with E-state index in [0.29, 0.717) is 11.8 Å². The van der Waals surface area contributed by atoms with Crippen molar-refractivity contribution in [2.24, 2.45) is 0 Å². The molecule has 16 heavy (non-hydrogen) atoms. The molecule has 2 rings (SSSR count). The highest BCUT2D eigenvalue weighted by molar-refractivity contribution is 5.42. The van der Waals surface area contributed by atoms with Crippen LogP contribution in [0, 0.1) is 0 Å². The Kier molecular flexibility index (Phi) is 3.17. The van der Waals surface area contributed by atoms with Crippen molar-refractivity contribution in [1.29, 1.82) is 0 Å². The van der Waals surface area contributed by atoms with Crippen LogP contribution in [0.2, 0.25) is 0 Å². The molecule has 0 atom stereocenters. The zero-order chi connectivity index (χ0) is 11.7. The van der Waals surface area contributed by atoms with E-state index in [1.807, 2.05) is 0 Å². The van der Waals surface area contributed by atoms with Gasteiger partial charge in [-0.2, -0.15) is 0 Å². The van der Waals surface area contributed by atoms with E-state index in [-0.39, 0.29) is 0 Å². The summed E-state index contributed by atoms with van der Waals surface area (Å²) in [5.74, 6) is 1.99. The molecular formula is C14H21NO. The standard InChI is InChI=1S/C14H21NO/c1-9(2)12-8-11-6-5-7-16-14(11)13(15-12)10(3)4/h8-10H,5-7H2,1-4H3. The first-order valence-corrected chi connectivity index (χ1v) is 6.26. The van der Waals surface area contributed by atoms with Crippen molar-refractivity contribution >= 4 is 0 Å². The van der Waals surface area contributed by atoms with E-state index in [2.05, 4.69) is 33.8 Å². The molecule has 0 aromatic carbocycles. The van der Waals surface area contributed by atoms with Crippen LogP contribution in [0.1, 0.15) is 62.9 Å². The molecule has 1 aliphatic rings. The van der Waals surface area contributed by atoms with E-state index in [1.54, 1.807) is 0 Å². The summed E-state index contributed by atoms with van der Waals surface area (Å²) in [5.41, 5.74) is 3.70. The van der Waals surface area contributed by atoms with Gasteiger partial charge in [-0.3, -0.25) is 4.98 Å². The highest BCUT2D eigenvalue weighted by Gasteiger charge is 2.20. The number of rotatable bonds is 2. The quantitative estimate of drug-likeness (QED) is 0.757. The number of aromatic nitrogens is 1. The fraction of sp³-hybridized carbons (Fsp3) is 0.643. The normalized spacial score (nSPS) is 15.1. The molecule has 0 aliphatic carbocycles. The Morgan fingerprint density at radius 3 is 2.56 bits per heavy atom. The van der Waals surface area contributed by atoms with Gasteiger partial charge in [0.1, 0.15) is 5.75 Å². The third-order valence-electron chi connectivity index (χ3n) is 3.07. The van der Waals surface area contributed by atoms with E-state index in [1.165, 1.54) is 11.3 Å². The lowest BCUT2D eigenvalue weighted by Gasteiger charge is -2.23. The van der Waals surface area contributed by atoms with Gasteiger partial charge in [0, 0.05) is 5.69 Å². The van der Waals surface area contributed by atoms with Gasteiger partial charge in [0.2, 0.25) is 0 Å². The summed E-state index contributed by atoms with van der Waals surface area (Å²) >= 11 is 0. The van der Waals surface area contributed by atoms with Crippen molar-refractivity contribution in [2.75, 3.05) is 6.61 Å². The van der Waals surface area contributed by atoms with Gasteiger partial charge in [0.15, 0.2) is 0 Å². The molecule has 0 N–H and O–H groups in total. The van der Waals surface area contributed by atoms with Crippen LogP contribution in [0.25, 0.3) is 0 Å². The Bertz CT molecular complexity index is 383. The predicted octanol–water partition coefficient (Wildman–Crippen LogP) is 3.65. The van der Waals surface area contributed by atoms with Gasteiger partial charge >= 0.3 is 0 Å². The lowest BCUT2D eigenvalue weighted by molar-refractivity contribution is 0.281. The maximum absolute atomic E-state index is 5.79. The Hall–Kier alpha value is -1.05. The van der Waals surface area contributed by atoms with Crippen molar-refractivity contribution in [3.05, 3.63) is 23.0 Å². The number of fused-ring (bicyclic) bond motifs is 1. The van der Waals surface area contributed by atoms with Crippen molar-refractivity contribution in [3.63, 3.8) is 0 Å². The topological polar surface area (TPSA) is 22.1 Å². The van der Waals surface area contributed by atoms with E-state index < -0.39 is 0 Å². The first kappa shape index (κ1) is 11.4. The zero-order valence-corrected chi connectivity index (χ0v) is 10.7. The first-order valence-electron chi connectivity index (χ1n) is 6.26. The fourth-order valence-electron chi connectivity index (χ4n) is 2.11. The van der Waals surface area contributed by atoms with Gasteiger partial charge in [0.25, 0.3) is 0 Å². The van der Waals surface area contributed by atoms with Crippen LogP contribution in [-0.2, 0) is 6.42 Å². The van der Waals surface area contributed by atoms with Crippen LogP contribution >= 0.6 is 0 Å². The molecule has 0 bridgehead atoms. The monoisotopic (exact) mass is 219 g/mol. The average Bonchev–Trinajstić information content (AvgIpc) is 2.27. The van der Waals surface area contributed by atoms with Crippen LogP contribution in [-0.4, -0.2) is 11.6 Å². The second kappa shape index (κ2) is 4.44. The van der Waals surface area contributed by atoms with Crippen LogP contribution in [0.4, 0.5) is 0 Å². The zero-order valence-electron chi connectivity index (χ0n) is 10.7. The summed E-state index contributed by atoms with van der Waals surface area (Å²) in [4.78, 5) is 4.76.